The fourth-order valence-corrected chi connectivity index (χ4v) is 6.10. The quantitative estimate of drug-likeness (QED) is 0.177. The number of amides is 1. The van der Waals surface area contributed by atoms with E-state index in [-0.39, 0.29) is 13.2 Å². The molecule has 0 fully saturated rings. The number of rotatable bonds is 7. The van der Waals surface area contributed by atoms with Gasteiger partial charge in [0.1, 0.15) is 6.61 Å². The molecule has 1 atom stereocenters. The maximum absolute atomic E-state index is 13.5. The molecule has 0 saturated heterocycles. The summed E-state index contributed by atoms with van der Waals surface area (Å²) in [5, 5.41) is 0. The molecule has 9 heteroatoms. The van der Waals surface area contributed by atoms with Crippen LogP contribution in [0.2, 0.25) is 0 Å². The number of hydrogen-bond acceptors (Lipinski definition) is 4. The fraction of sp³-hybridized carbons (Fsp3) is 0.156. The number of hydrogen-bond donors (Lipinski definition) is 0. The van der Waals surface area contributed by atoms with Gasteiger partial charge in [0.2, 0.25) is 0 Å². The van der Waals surface area contributed by atoms with Gasteiger partial charge in [-0.25, -0.2) is 13.2 Å². The van der Waals surface area contributed by atoms with Crippen molar-refractivity contribution in [1.82, 2.24) is 4.90 Å². The maximum Gasteiger partial charge on any atom is 0.501 e. The van der Waals surface area contributed by atoms with Crippen LogP contribution in [0.25, 0.3) is 0 Å². The topological polar surface area (TPSA) is 63.7 Å². The molecule has 1 heterocycles. The third-order valence-corrected chi connectivity index (χ3v) is 8.72. The van der Waals surface area contributed by atoms with Crippen molar-refractivity contribution in [1.29, 1.82) is 0 Å². The lowest BCUT2D eigenvalue weighted by molar-refractivity contribution is -0.0436. The number of sulfone groups is 1. The van der Waals surface area contributed by atoms with Crippen LogP contribution in [0.3, 0.4) is 0 Å². The summed E-state index contributed by atoms with van der Waals surface area (Å²) in [6, 6.07) is 31.9. The molecule has 1 aliphatic rings. The van der Waals surface area contributed by atoms with Gasteiger partial charge >= 0.3 is 11.6 Å². The largest absolute Gasteiger partial charge is 0.501 e. The molecule has 5 rings (SSSR count). The zero-order valence-electron chi connectivity index (χ0n) is 21.7. The average Bonchev–Trinajstić information content (AvgIpc) is 3.48. The first kappa shape index (κ1) is 28.2. The van der Waals surface area contributed by atoms with Gasteiger partial charge in [-0.2, -0.15) is 13.2 Å². The smallest absolute Gasteiger partial charge is 0.445 e. The van der Waals surface area contributed by atoms with Crippen LogP contribution in [-0.2, 0) is 26.6 Å². The third kappa shape index (κ3) is 5.25. The lowest BCUT2D eigenvalue weighted by Gasteiger charge is -2.44. The summed E-state index contributed by atoms with van der Waals surface area (Å²) in [7, 11) is -5.54. The zero-order valence-corrected chi connectivity index (χ0v) is 22.6. The Balaban J connectivity index is 1.65. The Labute approximate surface area is 236 Å². The van der Waals surface area contributed by atoms with Gasteiger partial charge in [0.25, 0.3) is 9.84 Å². The van der Waals surface area contributed by atoms with E-state index in [2.05, 4.69) is 0 Å². The molecule has 0 spiro atoms. The van der Waals surface area contributed by atoms with Gasteiger partial charge in [0.15, 0.2) is 0 Å². The minimum Gasteiger partial charge on any atom is -0.445 e. The van der Waals surface area contributed by atoms with E-state index in [9.17, 15) is 26.4 Å². The van der Waals surface area contributed by atoms with Crippen molar-refractivity contribution in [3.05, 3.63) is 150 Å². The van der Waals surface area contributed by atoms with Crippen molar-refractivity contribution in [2.75, 3.05) is 6.54 Å². The summed E-state index contributed by atoms with van der Waals surface area (Å²) in [5.41, 5.74) is -3.71. The molecular weight excluding hydrogens is 551 g/mol. The van der Waals surface area contributed by atoms with Crippen molar-refractivity contribution < 1.29 is 31.1 Å². The van der Waals surface area contributed by atoms with Crippen molar-refractivity contribution in [2.24, 2.45) is 0 Å². The molecule has 0 aromatic heterocycles. The zero-order chi connectivity index (χ0) is 29.1. The first-order valence-corrected chi connectivity index (χ1v) is 14.3. The van der Waals surface area contributed by atoms with Gasteiger partial charge < -0.3 is 4.74 Å². The van der Waals surface area contributed by atoms with Crippen molar-refractivity contribution >= 4 is 15.9 Å². The van der Waals surface area contributed by atoms with Gasteiger partial charge in [0.05, 0.1) is 16.4 Å². The second kappa shape index (κ2) is 11.2. The van der Waals surface area contributed by atoms with Gasteiger partial charge in [-0.1, -0.05) is 115 Å². The molecule has 0 N–H and O–H groups in total. The van der Waals surface area contributed by atoms with Gasteiger partial charge in [-0.3, -0.25) is 4.90 Å². The SMILES string of the molecule is O=C(OCc1ccccc1)N1CC=C[C@H]1C(c1ccccc1)(c1ccccc1)c1ccc(S(=O)(=O)C(F)(F)F)cc1. The number of nitrogens with zero attached hydrogens (tertiary/aromatic N) is 1. The van der Waals surface area contributed by atoms with Crippen LogP contribution in [0.5, 0.6) is 0 Å². The van der Waals surface area contributed by atoms with Crippen LogP contribution in [0.15, 0.2) is 132 Å². The van der Waals surface area contributed by atoms with E-state index in [1.807, 2.05) is 103 Å². The lowest BCUT2D eigenvalue weighted by Crippen LogP contribution is -2.51. The average molecular weight is 578 g/mol. The Bertz CT molecular complexity index is 1580. The number of carbonyl (C=O) groups is 1. The van der Waals surface area contributed by atoms with Crippen LogP contribution in [-0.4, -0.2) is 37.5 Å². The molecule has 210 valence electrons. The number of halogens is 3. The van der Waals surface area contributed by atoms with Crippen molar-refractivity contribution in [2.45, 2.75) is 28.5 Å². The molecular formula is C32H26F3NO4S. The third-order valence-electron chi connectivity index (χ3n) is 7.22. The lowest BCUT2D eigenvalue weighted by atomic mass is 9.64. The van der Waals surface area contributed by atoms with Crippen LogP contribution in [0, 0.1) is 0 Å². The molecule has 4 aromatic carbocycles. The van der Waals surface area contributed by atoms with E-state index in [4.69, 9.17) is 4.74 Å². The van der Waals surface area contributed by atoms with E-state index >= 15 is 0 Å². The molecule has 1 aliphatic heterocycles. The van der Waals surface area contributed by atoms with E-state index in [0.717, 1.165) is 28.8 Å². The highest BCUT2D eigenvalue weighted by Crippen LogP contribution is 2.46. The monoisotopic (exact) mass is 577 g/mol. The number of ether oxygens (including phenoxy) is 1. The van der Waals surface area contributed by atoms with Gasteiger partial charge in [0, 0.05) is 6.54 Å². The number of carbonyl (C=O) groups excluding carboxylic acids is 1. The molecule has 0 unspecified atom stereocenters. The molecule has 0 bridgehead atoms. The van der Waals surface area contributed by atoms with Crippen LogP contribution >= 0.6 is 0 Å². The second-order valence-electron chi connectivity index (χ2n) is 9.58. The standard InChI is InChI=1S/C32H26F3NO4S/c33-32(34,35)41(38,39)28-20-18-27(19-21-28)31(25-13-6-2-7-14-25,26-15-8-3-9-16-26)29-17-10-22-36(29)30(37)40-23-24-11-4-1-5-12-24/h1-21,29H,22-23H2/t29-/m0/s1. The number of alkyl halides is 3. The minimum atomic E-state index is -5.54. The van der Waals surface area contributed by atoms with E-state index in [1.165, 1.54) is 12.1 Å². The van der Waals surface area contributed by atoms with E-state index in [1.54, 1.807) is 4.90 Å². The highest BCUT2D eigenvalue weighted by molar-refractivity contribution is 7.92. The highest BCUT2D eigenvalue weighted by atomic mass is 32.2. The Kier molecular flexibility index (Phi) is 7.73. The molecule has 1 amide bonds. The molecule has 4 aromatic rings. The van der Waals surface area contributed by atoms with Gasteiger partial charge in [-0.05, 0) is 34.4 Å². The Morgan fingerprint density at radius 3 is 1.76 bits per heavy atom. The fourth-order valence-electron chi connectivity index (χ4n) is 5.33. The summed E-state index contributed by atoms with van der Waals surface area (Å²) < 4.78 is 69.9. The summed E-state index contributed by atoms with van der Waals surface area (Å²) in [6.45, 7) is 0.316. The minimum absolute atomic E-state index is 0.0660. The number of benzene rings is 4. The summed E-state index contributed by atoms with van der Waals surface area (Å²) in [6.07, 6.45) is 3.16. The Morgan fingerprint density at radius 2 is 1.24 bits per heavy atom. The maximum atomic E-state index is 13.5. The molecule has 41 heavy (non-hydrogen) atoms. The van der Waals surface area contributed by atoms with E-state index in [0.29, 0.717) is 5.56 Å². The molecule has 0 radical (unpaired) electrons. The van der Waals surface area contributed by atoms with Crippen LogP contribution < -0.4 is 0 Å². The van der Waals surface area contributed by atoms with Crippen LogP contribution in [0.1, 0.15) is 22.3 Å². The van der Waals surface area contributed by atoms with Gasteiger partial charge in [-0.15, -0.1) is 0 Å². The highest BCUT2D eigenvalue weighted by Gasteiger charge is 2.50. The Hall–Kier alpha value is -4.37. The Morgan fingerprint density at radius 1 is 0.756 bits per heavy atom. The van der Waals surface area contributed by atoms with E-state index < -0.39 is 37.8 Å². The summed E-state index contributed by atoms with van der Waals surface area (Å²) in [5.74, 6) is 0. The first-order valence-electron chi connectivity index (χ1n) is 12.8. The summed E-state index contributed by atoms with van der Waals surface area (Å²) >= 11 is 0. The predicted molar refractivity (Wildman–Crippen MR) is 149 cm³/mol. The molecule has 5 nitrogen and oxygen atoms in total. The molecule has 0 saturated carbocycles. The predicted octanol–water partition coefficient (Wildman–Crippen LogP) is 6.89. The first-order chi connectivity index (χ1) is 19.7. The molecule has 0 aliphatic carbocycles. The summed E-state index contributed by atoms with van der Waals surface area (Å²) in [4.78, 5) is 14.2. The second-order valence-corrected chi connectivity index (χ2v) is 11.5. The van der Waals surface area contributed by atoms with Crippen molar-refractivity contribution in [3.63, 3.8) is 0 Å². The normalized spacial score (nSPS) is 15.6. The van der Waals surface area contributed by atoms with Crippen molar-refractivity contribution in [3.8, 4) is 0 Å². The van der Waals surface area contributed by atoms with Crippen LogP contribution in [0.4, 0.5) is 18.0 Å².